The molecule has 0 aliphatic carbocycles. The second kappa shape index (κ2) is 13.2. The summed E-state index contributed by atoms with van der Waals surface area (Å²) in [7, 11) is 5.36. The molecule has 7 nitrogen and oxygen atoms in total. The van der Waals surface area contributed by atoms with Crippen LogP contribution >= 0.6 is 24.0 Å². The number of nitrogens with zero attached hydrogens (tertiary/aromatic N) is 3. The molecule has 170 valence electrons. The maximum absolute atomic E-state index is 5.52. The number of rotatable bonds is 8. The number of likely N-dealkylation sites (tertiary alicyclic amines) is 1. The second-order valence-electron chi connectivity index (χ2n) is 7.98. The molecular weight excluding hydrogens is 493 g/mol. The van der Waals surface area contributed by atoms with Crippen LogP contribution < -0.4 is 20.3 Å². The van der Waals surface area contributed by atoms with Crippen molar-refractivity contribution in [2.45, 2.75) is 25.3 Å². The predicted molar refractivity (Wildman–Crippen MR) is 135 cm³/mol. The Morgan fingerprint density at radius 1 is 1.13 bits per heavy atom. The Balaban J connectivity index is 0.00000320. The van der Waals surface area contributed by atoms with Crippen molar-refractivity contribution in [2.75, 3.05) is 72.0 Å². The van der Waals surface area contributed by atoms with Gasteiger partial charge in [-0.3, -0.25) is 4.99 Å². The van der Waals surface area contributed by atoms with Crippen LogP contribution in [0.5, 0.6) is 5.75 Å². The van der Waals surface area contributed by atoms with Gasteiger partial charge in [0.25, 0.3) is 0 Å². The zero-order valence-electron chi connectivity index (χ0n) is 18.6. The van der Waals surface area contributed by atoms with Crippen molar-refractivity contribution in [3.05, 3.63) is 24.3 Å². The Morgan fingerprint density at radius 3 is 2.60 bits per heavy atom. The van der Waals surface area contributed by atoms with E-state index in [1.54, 1.807) is 14.2 Å². The van der Waals surface area contributed by atoms with Crippen LogP contribution in [0.3, 0.4) is 0 Å². The average molecular weight is 531 g/mol. The molecule has 2 saturated heterocycles. The van der Waals surface area contributed by atoms with E-state index in [-0.39, 0.29) is 24.0 Å². The number of hydrogen-bond acceptors (Lipinski definition) is 5. The molecule has 1 unspecified atom stereocenters. The summed E-state index contributed by atoms with van der Waals surface area (Å²) in [5.74, 6) is 2.56. The van der Waals surface area contributed by atoms with Crippen LogP contribution in [0.15, 0.2) is 29.3 Å². The monoisotopic (exact) mass is 531 g/mol. The number of anilines is 1. The van der Waals surface area contributed by atoms with Crippen molar-refractivity contribution < 1.29 is 9.47 Å². The summed E-state index contributed by atoms with van der Waals surface area (Å²) in [5.41, 5.74) is 1.17. The molecule has 30 heavy (non-hydrogen) atoms. The molecule has 3 rings (SSSR count). The molecule has 0 radical (unpaired) electrons. The molecule has 0 saturated carbocycles. The average Bonchev–Trinajstić information content (AvgIpc) is 3.24. The molecule has 0 aromatic heterocycles. The van der Waals surface area contributed by atoms with Crippen LogP contribution in [-0.2, 0) is 4.74 Å². The van der Waals surface area contributed by atoms with Crippen molar-refractivity contribution in [1.82, 2.24) is 15.5 Å². The summed E-state index contributed by atoms with van der Waals surface area (Å²) in [5, 5.41) is 7.16. The fourth-order valence-corrected chi connectivity index (χ4v) is 4.25. The standard InChI is InChI=1S/C22H37N5O2.HI/c1-23-22(24-16-18-8-11-26(12-9-18)14-15-28-2)25-19-10-13-27(17-19)20-6-4-5-7-21(20)29-3;/h4-7,18-19H,8-17H2,1-3H3,(H2,23,24,25);1H. The van der Waals surface area contributed by atoms with Crippen LogP contribution in [0.2, 0.25) is 0 Å². The molecule has 2 N–H and O–H groups in total. The zero-order valence-corrected chi connectivity index (χ0v) is 20.9. The van der Waals surface area contributed by atoms with Gasteiger partial charge < -0.3 is 29.9 Å². The van der Waals surface area contributed by atoms with Crippen molar-refractivity contribution in [2.24, 2.45) is 10.9 Å². The smallest absolute Gasteiger partial charge is 0.191 e. The zero-order chi connectivity index (χ0) is 20.5. The van der Waals surface area contributed by atoms with E-state index in [1.165, 1.54) is 18.5 Å². The summed E-state index contributed by atoms with van der Waals surface area (Å²) < 4.78 is 10.7. The summed E-state index contributed by atoms with van der Waals surface area (Å²) in [4.78, 5) is 9.33. The SMILES string of the molecule is CN=C(NCC1CCN(CCOC)CC1)NC1CCN(c2ccccc2OC)C1.I. The molecule has 0 bridgehead atoms. The van der Waals surface area contributed by atoms with E-state index in [2.05, 4.69) is 37.6 Å². The van der Waals surface area contributed by atoms with Gasteiger partial charge in [-0.05, 0) is 50.4 Å². The topological polar surface area (TPSA) is 61.4 Å². The van der Waals surface area contributed by atoms with Crippen molar-refractivity contribution in [3.8, 4) is 5.75 Å². The number of ether oxygens (including phenoxy) is 2. The molecule has 1 aromatic rings. The number of benzene rings is 1. The molecule has 8 heteroatoms. The van der Waals surface area contributed by atoms with Crippen molar-refractivity contribution in [3.63, 3.8) is 0 Å². The molecule has 2 aliphatic heterocycles. The van der Waals surface area contributed by atoms with Gasteiger partial charge in [-0.25, -0.2) is 0 Å². The van der Waals surface area contributed by atoms with Crippen molar-refractivity contribution in [1.29, 1.82) is 0 Å². The van der Waals surface area contributed by atoms with Gasteiger partial charge in [0.1, 0.15) is 5.75 Å². The normalized spacial score (nSPS) is 20.7. The first kappa shape index (κ1) is 25.0. The first-order valence-corrected chi connectivity index (χ1v) is 10.8. The van der Waals surface area contributed by atoms with Gasteiger partial charge in [-0.2, -0.15) is 0 Å². The fraction of sp³-hybridized carbons (Fsp3) is 0.682. The van der Waals surface area contributed by atoms with Crippen LogP contribution in [-0.4, -0.2) is 84.0 Å². The van der Waals surface area contributed by atoms with E-state index >= 15 is 0 Å². The van der Waals surface area contributed by atoms with E-state index in [0.717, 1.165) is 64.0 Å². The third-order valence-corrected chi connectivity index (χ3v) is 6.06. The van der Waals surface area contributed by atoms with Crippen LogP contribution in [0.25, 0.3) is 0 Å². The highest BCUT2D eigenvalue weighted by molar-refractivity contribution is 14.0. The maximum atomic E-state index is 5.52. The van der Waals surface area contributed by atoms with E-state index in [1.807, 2.05) is 19.2 Å². The highest BCUT2D eigenvalue weighted by Gasteiger charge is 2.25. The Kier molecular flexibility index (Phi) is 11.0. The van der Waals surface area contributed by atoms with E-state index in [9.17, 15) is 0 Å². The minimum Gasteiger partial charge on any atom is -0.495 e. The Labute approximate surface area is 198 Å². The highest BCUT2D eigenvalue weighted by atomic mass is 127. The Hall–Kier alpha value is -1.26. The van der Waals surface area contributed by atoms with Gasteiger partial charge in [-0.15, -0.1) is 24.0 Å². The lowest BCUT2D eigenvalue weighted by Gasteiger charge is -2.32. The molecule has 2 fully saturated rings. The van der Waals surface area contributed by atoms with Gasteiger partial charge in [-0.1, -0.05) is 12.1 Å². The third kappa shape index (κ3) is 7.16. The van der Waals surface area contributed by atoms with Gasteiger partial charge in [0.2, 0.25) is 0 Å². The Bertz CT molecular complexity index is 652. The highest BCUT2D eigenvalue weighted by Crippen LogP contribution is 2.30. The Morgan fingerprint density at radius 2 is 1.90 bits per heavy atom. The number of aliphatic imine (C=N–C) groups is 1. The molecule has 2 heterocycles. The minimum absolute atomic E-state index is 0. The number of nitrogens with one attached hydrogen (secondary N) is 2. The van der Waals surface area contributed by atoms with Crippen LogP contribution in [0, 0.1) is 5.92 Å². The van der Waals surface area contributed by atoms with E-state index in [4.69, 9.17) is 9.47 Å². The lowest BCUT2D eigenvalue weighted by Crippen LogP contribution is -2.47. The lowest BCUT2D eigenvalue weighted by atomic mass is 9.97. The summed E-state index contributed by atoms with van der Waals surface area (Å²) in [6, 6.07) is 8.63. The third-order valence-electron chi connectivity index (χ3n) is 6.06. The van der Waals surface area contributed by atoms with Gasteiger partial charge in [0, 0.05) is 46.4 Å². The van der Waals surface area contributed by atoms with Crippen LogP contribution in [0.1, 0.15) is 19.3 Å². The number of piperidine rings is 1. The first-order chi connectivity index (χ1) is 14.2. The fourth-order valence-electron chi connectivity index (χ4n) is 4.25. The molecule has 2 aliphatic rings. The van der Waals surface area contributed by atoms with Gasteiger partial charge >= 0.3 is 0 Å². The largest absolute Gasteiger partial charge is 0.495 e. The summed E-state index contributed by atoms with van der Waals surface area (Å²) >= 11 is 0. The molecular formula is C22H38IN5O2. The molecule has 0 amide bonds. The quantitative estimate of drug-likeness (QED) is 0.306. The number of methoxy groups -OCH3 is 2. The number of hydrogen-bond donors (Lipinski definition) is 2. The summed E-state index contributed by atoms with van der Waals surface area (Å²) in [6.07, 6.45) is 3.56. The van der Waals surface area contributed by atoms with Gasteiger partial charge in [0.05, 0.1) is 19.4 Å². The number of para-hydroxylation sites is 2. The van der Waals surface area contributed by atoms with E-state index in [0.29, 0.717) is 12.0 Å². The van der Waals surface area contributed by atoms with E-state index < -0.39 is 0 Å². The second-order valence-corrected chi connectivity index (χ2v) is 7.98. The predicted octanol–water partition coefficient (Wildman–Crippen LogP) is 2.42. The van der Waals surface area contributed by atoms with Crippen LogP contribution in [0.4, 0.5) is 5.69 Å². The minimum atomic E-state index is 0. The maximum Gasteiger partial charge on any atom is 0.191 e. The molecule has 1 atom stereocenters. The molecule has 0 spiro atoms. The number of guanidine groups is 1. The summed E-state index contributed by atoms with van der Waals surface area (Å²) in [6.45, 7) is 7.17. The first-order valence-electron chi connectivity index (χ1n) is 10.8. The number of halogens is 1. The van der Waals surface area contributed by atoms with Gasteiger partial charge in [0.15, 0.2) is 5.96 Å². The molecule has 1 aromatic carbocycles. The lowest BCUT2D eigenvalue weighted by molar-refractivity contribution is 0.121. The van der Waals surface area contributed by atoms with Crippen molar-refractivity contribution >= 4 is 35.6 Å².